The molecule has 0 saturated heterocycles. The van der Waals surface area contributed by atoms with Crippen molar-refractivity contribution < 1.29 is 154 Å². The van der Waals surface area contributed by atoms with E-state index in [0.717, 1.165) is 0 Å². The molecule has 0 aromatic carbocycles. The van der Waals surface area contributed by atoms with Crippen molar-refractivity contribution in [1.82, 2.24) is 0 Å². The van der Waals surface area contributed by atoms with Crippen molar-refractivity contribution in [2.24, 2.45) is 0 Å². The van der Waals surface area contributed by atoms with Crippen LogP contribution < -0.4 is 0 Å². The van der Waals surface area contributed by atoms with Crippen molar-refractivity contribution in [3.05, 3.63) is 12.2 Å². The molecule has 0 spiro atoms. The van der Waals surface area contributed by atoms with Gasteiger partial charge in [0.2, 0.25) is 0 Å². The Labute approximate surface area is 276 Å². The van der Waals surface area contributed by atoms with Gasteiger partial charge in [-0.1, -0.05) is 6.58 Å². The molecule has 55 heavy (non-hydrogen) atoms. The van der Waals surface area contributed by atoms with Crippen LogP contribution in [0.15, 0.2) is 12.2 Å². The molecule has 0 rings (SSSR count). The fourth-order valence-corrected chi connectivity index (χ4v) is 3.37. The maximum Gasteiger partial charge on any atom is 0.460 e. The van der Waals surface area contributed by atoms with Crippen LogP contribution in [0.2, 0.25) is 0 Å². The molecule has 2 nitrogen and oxygen atoms in total. The van der Waals surface area contributed by atoms with Crippen LogP contribution >= 0.6 is 0 Å². The van der Waals surface area contributed by atoms with Crippen LogP contribution in [0.5, 0.6) is 0 Å². The highest BCUT2D eigenvalue weighted by Crippen LogP contribution is 2.70. The molecule has 0 aliphatic heterocycles. The topological polar surface area (TPSA) is 26.3 Å². The molecule has 0 aromatic heterocycles. The first kappa shape index (κ1) is 51.9. The van der Waals surface area contributed by atoms with E-state index in [-0.39, 0.29) is 7.11 Å². The first-order valence-electron chi connectivity index (χ1n) is 11.7. The highest BCUT2D eigenvalue weighted by molar-refractivity contribution is 5.90. The van der Waals surface area contributed by atoms with Gasteiger partial charge in [-0.25, -0.2) is 9.18 Å². The first-order chi connectivity index (χ1) is 23.1. The fraction of sp³-hybridized carbons (Fsp3) is 0.850. The molecule has 0 bridgehead atoms. The Kier molecular flexibility index (Phi) is 12.0. The zero-order valence-electron chi connectivity index (χ0n) is 24.0. The van der Waals surface area contributed by atoms with Gasteiger partial charge in [-0.2, -0.15) is 140 Å². The molecule has 0 fully saturated rings. The Morgan fingerprint density at radius 3 is 0.618 bits per heavy atom. The summed E-state index contributed by atoms with van der Waals surface area (Å²) in [5.41, 5.74) is -12.1. The van der Waals surface area contributed by atoms with Crippen LogP contribution in [0.4, 0.5) is 145 Å². The standard InChI is InChI=1S/C20H5F33O2/c1-3(4(54)55-2)5(21,19(48,49)50)6(22,23)7(24,25)8(26,27)9(28,29)10(30,31)11(32,33)12(34,35)13(36,37)14(38,39)15(40,41)16(42,43)17(44,45)18(46,47)20(51,52)53/h1H2,2H3. The lowest BCUT2D eigenvalue weighted by Crippen LogP contribution is -2.80. The molecule has 0 aromatic rings. The molecule has 0 amide bonds. The molecule has 0 radical (unpaired) electrons. The summed E-state index contributed by atoms with van der Waals surface area (Å²) in [6.45, 7) is 1.34. The summed E-state index contributed by atoms with van der Waals surface area (Å²) >= 11 is 0. The van der Waals surface area contributed by atoms with Crippen LogP contribution in [-0.4, -0.2) is 108 Å². The van der Waals surface area contributed by atoms with Gasteiger partial charge in [0.15, 0.2) is 0 Å². The number of halogens is 33. The third kappa shape index (κ3) is 5.88. The number of hydrogen-bond donors (Lipinski definition) is 0. The van der Waals surface area contributed by atoms with E-state index >= 15 is 0 Å². The van der Waals surface area contributed by atoms with Crippen LogP contribution in [0.25, 0.3) is 0 Å². The third-order valence-electron chi connectivity index (χ3n) is 6.76. The predicted octanol–water partition coefficient (Wildman–Crippen LogP) is 10.8. The normalized spacial score (nSPS) is 17.6. The summed E-state index contributed by atoms with van der Waals surface area (Å²) in [5, 5.41) is 0. The molecule has 0 saturated carbocycles. The zero-order chi connectivity index (χ0) is 45.9. The molecule has 1 unspecified atom stereocenters. The van der Waals surface area contributed by atoms with Crippen molar-refractivity contribution in [2.75, 3.05) is 7.11 Å². The minimum absolute atomic E-state index is 0.328. The van der Waals surface area contributed by atoms with E-state index in [1.54, 1.807) is 0 Å². The Morgan fingerprint density at radius 2 is 0.473 bits per heavy atom. The highest BCUT2D eigenvalue weighted by Gasteiger charge is 3.02. The van der Waals surface area contributed by atoms with Gasteiger partial charge in [-0.15, -0.1) is 0 Å². The smallest absolute Gasteiger partial charge is 0.460 e. The number of methoxy groups -OCH3 is 1. The second-order valence-corrected chi connectivity index (χ2v) is 10.1. The summed E-state index contributed by atoms with van der Waals surface area (Å²) < 4.78 is 451. The van der Waals surface area contributed by atoms with Crippen molar-refractivity contribution in [1.29, 1.82) is 0 Å². The van der Waals surface area contributed by atoms with Crippen LogP contribution in [0, 0.1) is 0 Å². The predicted molar refractivity (Wildman–Crippen MR) is 101 cm³/mol. The summed E-state index contributed by atoms with van der Waals surface area (Å²) in [4.78, 5) is 11.0. The third-order valence-corrected chi connectivity index (χ3v) is 6.76. The van der Waals surface area contributed by atoms with Gasteiger partial charge in [0.05, 0.1) is 12.7 Å². The molecule has 328 valence electrons. The van der Waals surface area contributed by atoms with E-state index in [9.17, 15) is 150 Å². The van der Waals surface area contributed by atoms with E-state index in [0.29, 0.717) is 0 Å². The van der Waals surface area contributed by atoms with E-state index in [1.165, 1.54) is 6.58 Å². The highest BCUT2D eigenvalue weighted by atomic mass is 19.4. The number of hydrogen-bond acceptors (Lipinski definition) is 2. The molecule has 35 heteroatoms. The lowest BCUT2D eigenvalue weighted by Gasteiger charge is -2.47. The lowest BCUT2D eigenvalue weighted by atomic mass is 9.79. The van der Waals surface area contributed by atoms with Gasteiger partial charge in [0.25, 0.3) is 0 Å². The van der Waals surface area contributed by atoms with Crippen molar-refractivity contribution in [2.45, 2.75) is 95.0 Å². The average Bonchev–Trinajstić information content (AvgIpc) is 2.97. The second-order valence-electron chi connectivity index (χ2n) is 10.1. The van der Waals surface area contributed by atoms with Crippen LogP contribution in [0.1, 0.15) is 0 Å². The minimum atomic E-state index is -10.2. The van der Waals surface area contributed by atoms with Gasteiger partial charge in [-0.3, -0.25) is 0 Å². The molecule has 1 atom stereocenters. The van der Waals surface area contributed by atoms with Gasteiger partial charge >= 0.3 is 101 Å². The molecule has 0 N–H and O–H groups in total. The summed E-state index contributed by atoms with van der Waals surface area (Å²) in [7, 11) is -0.328. The number of carbonyl (C=O) groups excluding carboxylic acids is 1. The Bertz CT molecular complexity index is 1460. The molecular weight excluding hydrogens is 899 g/mol. The Hall–Kier alpha value is -3.10. The Balaban J connectivity index is 7.92. The van der Waals surface area contributed by atoms with Crippen molar-refractivity contribution >= 4 is 5.97 Å². The zero-order valence-corrected chi connectivity index (χ0v) is 24.0. The molecule has 0 heterocycles. The van der Waals surface area contributed by atoms with Gasteiger partial charge < -0.3 is 4.74 Å². The number of rotatable bonds is 15. The molecular formula is C20H5F33O2. The van der Waals surface area contributed by atoms with Gasteiger partial charge in [0.1, 0.15) is 0 Å². The van der Waals surface area contributed by atoms with E-state index in [1.807, 2.05) is 0 Å². The number of ether oxygens (including phenoxy) is 1. The lowest BCUT2D eigenvalue weighted by molar-refractivity contribution is -0.489. The monoisotopic (exact) mass is 904 g/mol. The van der Waals surface area contributed by atoms with E-state index < -0.39 is 107 Å². The van der Waals surface area contributed by atoms with Crippen molar-refractivity contribution in [3.63, 3.8) is 0 Å². The van der Waals surface area contributed by atoms with E-state index in [4.69, 9.17) is 0 Å². The minimum Gasteiger partial charge on any atom is -0.466 e. The van der Waals surface area contributed by atoms with Gasteiger partial charge in [0, 0.05) is 0 Å². The Morgan fingerprint density at radius 1 is 0.309 bits per heavy atom. The van der Waals surface area contributed by atoms with Crippen molar-refractivity contribution in [3.8, 4) is 0 Å². The SMILES string of the molecule is C=C(C(=O)OC)C(F)(C(F)(F)F)C(F)(F)C(F)(F)C(F)(F)C(F)(F)C(F)(F)C(F)(F)C(F)(F)C(F)(F)C(F)(F)C(F)(F)C(F)(F)C(F)(F)C(F)(F)C(F)(F)F. The molecule has 0 aliphatic carbocycles. The van der Waals surface area contributed by atoms with Crippen LogP contribution in [-0.2, 0) is 9.53 Å². The average molecular weight is 904 g/mol. The summed E-state index contributed by atoms with van der Waals surface area (Å²) in [6, 6.07) is 0. The van der Waals surface area contributed by atoms with E-state index in [2.05, 4.69) is 4.74 Å². The summed E-state index contributed by atoms with van der Waals surface area (Å²) in [6.07, 6.45) is -16.6. The second kappa shape index (κ2) is 12.7. The molecule has 0 aliphatic rings. The maximum absolute atomic E-state index is 14.5. The summed E-state index contributed by atoms with van der Waals surface area (Å²) in [5.74, 6) is -131. The fourth-order valence-electron chi connectivity index (χ4n) is 3.37. The largest absolute Gasteiger partial charge is 0.466 e. The maximum atomic E-state index is 14.5. The number of carbonyl (C=O) groups is 1. The number of alkyl halides is 33. The van der Waals surface area contributed by atoms with Crippen LogP contribution in [0.3, 0.4) is 0 Å². The van der Waals surface area contributed by atoms with Gasteiger partial charge in [-0.05, 0) is 0 Å². The quantitative estimate of drug-likeness (QED) is 0.0930. The number of esters is 1. The first-order valence-corrected chi connectivity index (χ1v) is 11.7.